The predicted molar refractivity (Wildman–Crippen MR) is 38.5 cm³/mol. The highest BCUT2D eigenvalue weighted by Crippen LogP contribution is 2.12. The molecule has 0 fully saturated rings. The molecule has 0 aliphatic heterocycles. The van der Waals surface area contributed by atoms with Crippen molar-refractivity contribution in [3.05, 3.63) is 0 Å². The summed E-state index contributed by atoms with van der Waals surface area (Å²) in [5.41, 5.74) is 2.34. The highest BCUT2D eigenvalue weighted by Gasteiger charge is 2.43. The zero-order chi connectivity index (χ0) is 9.78. The number of carboxylic acids is 2. The van der Waals surface area contributed by atoms with Gasteiger partial charge in [0.25, 0.3) is 5.60 Å². The van der Waals surface area contributed by atoms with Gasteiger partial charge >= 0.3 is 11.9 Å². The van der Waals surface area contributed by atoms with Crippen molar-refractivity contribution in [3.63, 3.8) is 0 Å². The molecule has 5 N–H and O–H groups in total. The first-order valence-corrected chi connectivity index (χ1v) is 3.34. The van der Waals surface area contributed by atoms with Gasteiger partial charge in [-0.15, -0.1) is 0 Å². The molecule has 0 amide bonds. The van der Waals surface area contributed by atoms with Crippen LogP contribution in [-0.4, -0.2) is 39.4 Å². The fourth-order valence-corrected chi connectivity index (χ4v) is 0.663. The van der Waals surface area contributed by atoms with Crippen LogP contribution in [0.1, 0.15) is 12.8 Å². The van der Waals surface area contributed by atoms with Gasteiger partial charge in [-0.3, -0.25) is 0 Å². The molecule has 0 bridgehead atoms. The Morgan fingerprint density at radius 1 is 1.25 bits per heavy atom. The maximum Gasteiger partial charge on any atom is 0.347 e. The Hall–Kier alpha value is -1.14. The minimum Gasteiger partial charge on any atom is -0.479 e. The van der Waals surface area contributed by atoms with E-state index < -0.39 is 17.5 Å². The minimum atomic E-state index is -2.70. The number of aliphatic carboxylic acids is 2. The van der Waals surface area contributed by atoms with E-state index in [2.05, 4.69) is 0 Å². The van der Waals surface area contributed by atoms with Gasteiger partial charge in [-0.1, -0.05) is 0 Å². The Labute approximate surface area is 68.6 Å². The van der Waals surface area contributed by atoms with Crippen molar-refractivity contribution in [1.82, 2.24) is 0 Å². The summed E-state index contributed by atoms with van der Waals surface area (Å²) in [4.78, 5) is 20.6. The lowest BCUT2D eigenvalue weighted by Gasteiger charge is -2.17. The van der Waals surface area contributed by atoms with E-state index in [4.69, 9.17) is 21.1 Å². The average Bonchev–Trinajstić information content (AvgIpc) is 1.99. The first-order valence-electron chi connectivity index (χ1n) is 3.34. The van der Waals surface area contributed by atoms with Gasteiger partial charge in [-0.25, -0.2) is 9.59 Å². The number of nitrogens with two attached hydrogens (primary N) is 1. The molecule has 6 nitrogen and oxygen atoms in total. The van der Waals surface area contributed by atoms with Crippen LogP contribution in [-0.2, 0) is 9.59 Å². The summed E-state index contributed by atoms with van der Waals surface area (Å²) in [6, 6.07) is 0. The van der Waals surface area contributed by atoms with E-state index in [0.717, 1.165) is 0 Å². The lowest BCUT2D eigenvalue weighted by atomic mass is 9.98. The number of aliphatic hydroxyl groups is 1. The predicted octanol–water partition coefficient (Wildman–Crippen LogP) is -1.37. The maximum absolute atomic E-state index is 10.3. The third-order valence-corrected chi connectivity index (χ3v) is 1.45. The SMILES string of the molecule is NCCCC(O)(C(=O)O)C(=O)O. The summed E-state index contributed by atoms with van der Waals surface area (Å²) in [7, 11) is 0. The monoisotopic (exact) mass is 177 g/mol. The van der Waals surface area contributed by atoms with Gasteiger partial charge < -0.3 is 21.1 Å². The van der Waals surface area contributed by atoms with E-state index in [1.165, 1.54) is 0 Å². The number of carbonyl (C=O) groups is 2. The second-order valence-electron chi connectivity index (χ2n) is 2.36. The lowest BCUT2D eigenvalue weighted by molar-refractivity contribution is -0.176. The average molecular weight is 177 g/mol. The van der Waals surface area contributed by atoms with E-state index in [1.54, 1.807) is 0 Å². The third kappa shape index (κ3) is 2.18. The molecule has 0 spiro atoms. The van der Waals surface area contributed by atoms with E-state index in [9.17, 15) is 9.59 Å². The Balaban J connectivity index is 4.40. The van der Waals surface area contributed by atoms with Gasteiger partial charge in [0, 0.05) is 0 Å². The Kier molecular flexibility index (Phi) is 3.65. The van der Waals surface area contributed by atoms with Crippen LogP contribution < -0.4 is 5.73 Å². The molecule has 0 unspecified atom stereocenters. The smallest absolute Gasteiger partial charge is 0.347 e. The van der Waals surface area contributed by atoms with Crippen molar-refractivity contribution >= 4 is 11.9 Å². The minimum absolute atomic E-state index is 0.142. The molecule has 0 aliphatic carbocycles. The normalized spacial score (nSPS) is 11.2. The summed E-state index contributed by atoms with van der Waals surface area (Å²) >= 11 is 0. The molecule has 0 aliphatic rings. The number of hydrogen-bond donors (Lipinski definition) is 4. The lowest BCUT2D eigenvalue weighted by Crippen LogP contribution is -2.46. The van der Waals surface area contributed by atoms with Crippen LogP contribution in [0.5, 0.6) is 0 Å². The summed E-state index contributed by atoms with van der Waals surface area (Å²) < 4.78 is 0. The van der Waals surface area contributed by atoms with E-state index >= 15 is 0 Å². The van der Waals surface area contributed by atoms with E-state index in [0.29, 0.717) is 0 Å². The fraction of sp³-hybridized carbons (Fsp3) is 0.667. The fourth-order valence-electron chi connectivity index (χ4n) is 0.663. The molecule has 0 saturated heterocycles. The molecule has 0 aromatic heterocycles. The summed E-state index contributed by atoms with van der Waals surface area (Å²) in [6.07, 6.45) is -0.233. The van der Waals surface area contributed by atoms with Gasteiger partial charge in [-0.05, 0) is 19.4 Å². The molecule has 12 heavy (non-hydrogen) atoms. The molecule has 70 valence electrons. The Morgan fingerprint density at radius 3 is 1.92 bits per heavy atom. The number of carboxylic acid groups (broad SMARTS) is 2. The van der Waals surface area contributed by atoms with Crippen molar-refractivity contribution in [3.8, 4) is 0 Å². The molecule has 0 aromatic carbocycles. The van der Waals surface area contributed by atoms with E-state index in [-0.39, 0.29) is 19.4 Å². The standard InChI is InChI=1S/C6H11NO5/c7-3-1-2-6(12,4(8)9)5(10)11/h12H,1-3,7H2,(H,8,9)(H,10,11). The van der Waals surface area contributed by atoms with Crippen LogP contribution in [0.4, 0.5) is 0 Å². The molecular weight excluding hydrogens is 166 g/mol. The van der Waals surface area contributed by atoms with Gasteiger partial charge in [0.2, 0.25) is 0 Å². The highest BCUT2D eigenvalue weighted by molar-refractivity contribution is 6.01. The largest absolute Gasteiger partial charge is 0.479 e. The Bertz CT molecular complexity index is 176. The molecule has 0 rings (SSSR count). The molecule has 0 atom stereocenters. The van der Waals surface area contributed by atoms with Crippen molar-refractivity contribution in [2.45, 2.75) is 18.4 Å². The molecule has 0 aromatic rings. The molecule has 0 heterocycles. The van der Waals surface area contributed by atoms with Gasteiger partial charge in [-0.2, -0.15) is 0 Å². The molecule has 0 saturated carbocycles. The van der Waals surface area contributed by atoms with Gasteiger partial charge in [0.15, 0.2) is 0 Å². The molecule has 0 radical (unpaired) electrons. The second kappa shape index (κ2) is 4.03. The molecule has 6 heteroatoms. The summed E-state index contributed by atoms with van der Waals surface area (Å²) in [5, 5.41) is 25.8. The zero-order valence-corrected chi connectivity index (χ0v) is 6.36. The van der Waals surface area contributed by atoms with Gasteiger partial charge in [0.1, 0.15) is 0 Å². The van der Waals surface area contributed by atoms with Crippen molar-refractivity contribution < 1.29 is 24.9 Å². The topological polar surface area (TPSA) is 121 Å². The van der Waals surface area contributed by atoms with Gasteiger partial charge in [0.05, 0.1) is 0 Å². The van der Waals surface area contributed by atoms with Crippen LogP contribution >= 0.6 is 0 Å². The first-order chi connectivity index (χ1) is 5.45. The number of rotatable bonds is 5. The third-order valence-electron chi connectivity index (χ3n) is 1.45. The van der Waals surface area contributed by atoms with Crippen LogP contribution in [0, 0.1) is 0 Å². The number of hydrogen-bond acceptors (Lipinski definition) is 4. The van der Waals surface area contributed by atoms with Crippen molar-refractivity contribution in [2.75, 3.05) is 6.54 Å². The summed E-state index contributed by atoms with van der Waals surface area (Å²) in [5.74, 6) is -3.52. The van der Waals surface area contributed by atoms with Crippen molar-refractivity contribution in [1.29, 1.82) is 0 Å². The summed E-state index contributed by atoms with van der Waals surface area (Å²) in [6.45, 7) is 0.142. The van der Waals surface area contributed by atoms with Crippen LogP contribution in [0.25, 0.3) is 0 Å². The second-order valence-corrected chi connectivity index (χ2v) is 2.36. The van der Waals surface area contributed by atoms with Crippen LogP contribution in [0.15, 0.2) is 0 Å². The van der Waals surface area contributed by atoms with E-state index in [1.807, 2.05) is 0 Å². The Morgan fingerprint density at radius 2 is 1.67 bits per heavy atom. The highest BCUT2D eigenvalue weighted by atomic mass is 16.4. The quantitative estimate of drug-likeness (QED) is 0.384. The van der Waals surface area contributed by atoms with Crippen molar-refractivity contribution in [2.24, 2.45) is 5.73 Å². The zero-order valence-electron chi connectivity index (χ0n) is 6.36. The molecular formula is C6H11NO5. The van der Waals surface area contributed by atoms with Crippen LogP contribution in [0.2, 0.25) is 0 Å². The maximum atomic E-state index is 10.3. The van der Waals surface area contributed by atoms with Crippen LogP contribution in [0.3, 0.4) is 0 Å². The first kappa shape index (κ1) is 10.9.